The van der Waals surface area contributed by atoms with E-state index in [1.807, 2.05) is 24.3 Å². The average Bonchev–Trinajstić information content (AvgIpc) is 2.77. The van der Waals surface area contributed by atoms with E-state index in [2.05, 4.69) is 17.3 Å². The molecule has 2 rings (SSSR count). The topological polar surface area (TPSA) is 44.1 Å². The first-order valence-corrected chi connectivity index (χ1v) is 5.44. The Morgan fingerprint density at radius 3 is 2.75 bits per heavy atom. The lowest BCUT2D eigenvalue weighted by molar-refractivity contribution is 0.288. The second-order valence-corrected chi connectivity index (χ2v) is 4.06. The Bertz CT molecular complexity index is 405. The van der Waals surface area contributed by atoms with Crippen LogP contribution in [-0.2, 0) is 11.3 Å². The fourth-order valence-corrected chi connectivity index (χ4v) is 2.07. The molecule has 0 N–H and O–H groups in total. The predicted octanol–water partition coefficient (Wildman–Crippen LogP) is 1.63. The summed E-state index contributed by atoms with van der Waals surface area (Å²) in [7, 11) is 0. The van der Waals surface area contributed by atoms with E-state index in [-0.39, 0.29) is 6.04 Å². The summed E-state index contributed by atoms with van der Waals surface area (Å²) in [5, 5.41) is 8.68. The Morgan fingerprint density at radius 1 is 1.38 bits per heavy atom. The van der Waals surface area contributed by atoms with Crippen LogP contribution in [0.3, 0.4) is 0 Å². The van der Waals surface area contributed by atoms with Gasteiger partial charge in [0.25, 0.3) is 0 Å². The highest BCUT2D eigenvalue weighted by atomic mass is 16.1. The van der Waals surface area contributed by atoms with Gasteiger partial charge in [-0.05, 0) is 37.1 Å². The van der Waals surface area contributed by atoms with Crippen LogP contribution in [0.5, 0.6) is 0 Å². The molecule has 3 nitrogen and oxygen atoms in total. The normalized spacial score (nSPS) is 20.6. The van der Waals surface area contributed by atoms with Crippen LogP contribution in [-0.4, -0.2) is 23.8 Å². The maximum atomic E-state index is 10.7. The van der Waals surface area contributed by atoms with Crippen LogP contribution in [0.25, 0.3) is 0 Å². The van der Waals surface area contributed by atoms with Gasteiger partial charge in [0, 0.05) is 6.54 Å². The summed E-state index contributed by atoms with van der Waals surface area (Å²) in [6, 6.07) is 9.55. The maximum Gasteiger partial charge on any atom is 0.217 e. The summed E-state index contributed by atoms with van der Waals surface area (Å²) in [5.74, 6) is 0. The van der Waals surface area contributed by atoms with Crippen molar-refractivity contribution in [2.24, 2.45) is 0 Å². The van der Waals surface area contributed by atoms with Gasteiger partial charge in [0.05, 0.1) is 17.7 Å². The van der Waals surface area contributed by atoms with E-state index in [9.17, 15) is 4.79 Å². The van der Waals surface area contributed by atoms with E-state index >= 15 is 0 Å². The Balaban J connectivity index is 2.03. The molecule has 1 heterocycles. The molecule has 1 aliphatic rings. The van der Waals surface area contributed by atoms with Crippen molar-refractivity contribution in [3.05, 3.63) is 35.4 Å². The first kappa shape index (κ1) is 10.8. The van der Waals surface area contributed by atoms with Gasteiger partial charge in [-0.15, -0.1) is 0 Å². The third-order valence-corrected chi connectivity index (χ3v) is 2.97. The number of likely N-dealkylation sites (tertiary alicyclic amines) is 1. The molecule has 0 unspecified atom stereocenters. The highest BCUT2D eigenvalue weighted by molar-refractivity contribution is 5.59. The minimum absolute atomic E-state index is 0.0457. The molecule has 1 atom stereocenters. The molecule has 1 aromatic carbocycles. The number of benzene rings is 1. The van der Waals surface area contributed by atoms with Crippen LogP contribution in [0.1, 0.15) is 24.0 Å². The zero-order chi connectivity index (χ0) is 11.4. The summed E-state index contributed by atoms with van der Waals surface area (Å²) in [4.78, 5) is 12.8. The van der Waals surface area contributed by atoms with Gasteiger partial charge >= 0.3 is 0 Å². The molecule has 0 saturated carbocycles. The molecule has 0 spiro atoms. The highest BCUT2D eigenvalue weighted by Crippen LogP contribution is 2.18. The zero-order valence-electron chi connectivity index (χ0n) is 9.02. The molecule has 0 amide bonds. The van der Waals surface area contributed by atoms with Gasteiger partial charge in [-0.1, -0.05) is 12.1 Å². The summed E-state index contributed by atoms with van der Waals surface area (Å²) >= 11 is 0. The van der Waals surface area contributed by atoms with Gasteiger partial charge in [-0.3, -0.25) is 9.69 Å². The summed E-state index contributed by atoms with van der Waals surface area (Å²) in [6.45, 7) is 1.73. The number of nitrogens with zero attached hydrogens (tertiary/aromatic N) is 2. The first-order chi connectivity index (χ1) is 7.83. The number of hydrogen-bond donors (Lipinski definition) is 0. The molecule has 1 aliphatic heterocycles. The SMILES string of the molecule is N#Cc1ccc(CN2CCC[C@H]2[C]=O)cc1. The van der Waals surface area contributed by atoms with Gasteiger partial charge in [-0.25, -0.2) is 0 Å². The molecule has 16 heavy (non-hydrogen) atoms. The molecule has 1 fully saturated rings. The molecular weight excluding hydrogens is 200 g/mol. The first-order valence-electron chi connectivity index (χ1n) is 5.44. The van der Waals surface area contributed by atoms with Crippen molar-refractivity contribution in [2.75, 3.05) is 6.54 Å². The summed E-state index contributed by atoms with van der Waals surface area (Å²) in [5.41, 5.74) is 1.81. The molecule has 0 bridgehead atoms. The second-order valence-electron chi connectivity index (χ2n) is 4.06. The minimum Gasteiger partial charge on any atom is -0.289 e. The lowest BCUT2D eigenvalue weighted by Crippen LogP contribution is -2.29. The van der Waals surface area contributed by atoms with Gasteiger partial charge < -0.3 is 0 Å². The largest absolute Gasteiger partial charge is 0.289 e. The monoisotopic (exact) mass is 213 g/mol. The molecule has 1 radical (unpaired) electrons. The third-order valence-electron chi connectivity index (χ3n) is 2.97. The Morgan fingerprint density at radius 2 is 2.12 bits per heavy atom. The molecule has 0 aliphatic carbocycles. The fraction of sp³-hybridized carbons (Fsp3) is 0.385. The van der Waals surface area contributed by atoms with Crippen molar-refractivity contribution in [3.8, 4) is 6.07 Å². The van der Waals surface area contributed by atoms with Crippen LogP contribution in [0.15, 0.2) is 24.3 Å². The van der Waals surface area contributed by atoms with Crippen molar-refractivity contribution >= 4 is 6.29 Å². The average molecular weight is 213 g/mol. The van der Waals surface area contributed by atoms with E-state index in [1.165, 1.54) is 0 Å². The van der Waals surface area contributed by atoms with Crippen molar-refractivity contribution in [3.63, 3.8) is 0 Å². The maximum absolute atomic E-state index is 10.7. The lowest BCUT2D eigenvalue weighted by atomic mass is 10.1. The van der Waals surface area contributed by atoms with Crippen LogP contribution < -0.4 is 0 Å². The number of hydrogen-bond acceptors (Lipinski definition) is 3. The molecule has 1 saturated heterocycles. The van der Waals surface area contributed by atoms with Crippen molar-refractivity contribution < 1.29 is 4.79 Å². The highest BCUT2D eigenvalue weighted by Gasteiger charge is 2.24. The zero-order valence-corrected chi connectivity index (χ0v) is 9.02. The van der Waals surface area contributed by atoms with E-state index in [1.54, 1.807) is 0 Å². The van der Waals surface area contributed by atoms with Gasteiger partial charge in [-0.2, -0.15) is 5.26 Å². The minimum atomic E-state index is -0.0457. The molecule has 81 valence electrons. The van der Waals surface area contributed by atoms with E-state index in [0.717, 1.165) is 31.5 Å². The van der Waals surface area contributed by atoms with Crippen LogP contribution in [0.2, 0.25) is 0 Å². The molecule has 3 heteroatoms. The van der Waals surface area contributed by atoms with Gasteiger partial charge in [0.15, 0.2) is 0 Å². The fourth-order valence-electron chi connectivity index (χ4n) is 2.07. The second kappa shape index (κ2) is 4.91. The Hall–Kier alpha value is -1.66. The third kappa shape index (κ3) is 2.29. The smallest absolute Gasteiger partial charge is 0.217 e. The Labute approximate surface area is 95.3 Å². The number of rotatable bonds is 3. The van der Waals surface area contributed by atoms with Gasteiger partial charge in [0.2, 0.25) is 6.29 Å². The van der Waals surface area contributed by atoms with Crippen LogP contribution in [0, 0.1) is 11.3 Å². The summed E-state index contributed by atoms with van der Waals surface area (Å²) < 4.78 is 0. The van der Waals surface area contributed by atoms with Crippen LogP contribution >= 0.6 is 0 Å². The molecular formula is C13H13N2O. The van der Waals surface area contributed by atoms with E-state index in [0.29, 0.717) is 5.56 Å². The quantitative estimate of drug-likeness (QED) is 0.766. The molecule has 1 aromatic rings. The van der Waals surface area contributed by atoms with Crippen molar-refractivity contribution in [1.29, 1.82) is 5.26 Å². The molecule has 0 aromatic heterocycles. The lowest BCUT2D eigenvalue weighted by Gasteiger charge is -2.19. The summed E-state index contributed by atoms with van der Waals surface area (Å²) in [6.07, 6.45) is 4.06. The standard InChI is InChI=1S/C13H13N2O/c14-8-11-3-5-12(6-4-11)9-15-7-1-2-13(15)10-16/h3-6,13H,1-2,7,9H2/t13-/m0/s1. The van der Waals surface area contributed by atoms with Crippen LogP contribution in [0.4, 0.5) is 0 Å². The van der Waals surface area contributed by atoms with Crippen molar-refractivity contribution in [2.45, 2.75) is 25.4 Å². The van der Waals surface area contributed by atoms with E-state index in [4.69, 9.17) is 5.26 Å². The predicted molar refractivity (Wildman–Crippen MR) is 60.3 cm³/mol. The number of carbonyl (C=O) groups excluding carboxylic acids is 1. The number of nitriles is 1. The van der Waals surface area contributed by atoms with Gasteiger partial charge in [0.1, 0.15) is 0 Å². The Kier molecular flexibility index (Phi) is 3.33. The van der Waals surface area contributed by atoms with Crippen molar-refractivity contribution in [1.82, 2.24) is 4.90 Å². The van der Waals surface area contributed by atoms with E-state index < -0.39 is 0 Å².